The molecule has 0 heterocycles. The lowest BCUT2D eigenvalue weighted by molar-refractivity contribution is 0.599. The Kier molecular flexibility index (Phi) is 5.28. The minimum absolute atomic E-state index is 0.0738. The van der Waals surface area contributed by atoms with Gasteiger partial charge in [-0.05, 0) is 19.1 Å². The molecule has 0 aromatic heterocycles. The molecule has 0 N–H and O–H groups in total. The molecule has 96 valence electrons. The maximum atomic E-state index is 11.9. The standard InChI is InChI=1S/C9H10Cl3NO2S2/c1-2-17(14,15)13(16-9(10,11)12)8-6-4-3-5-7-8/h3-7H,2H2,1H3. The van der Waals surface area contributed by atoms with E-state index in [-0.39, 0.29) is 5.75 Å². The Hall–Kier alpha value is 0.190. The van der Waals surface area contributed by atoms with Crippen molar-refractivity contribution in [3.05, 3.63) is 30.3 Å². The van der Waals surface area contributed by atoms with E-state index in [2.05, 4.69) is 0 Å². The molecule has 0 atom stereocenters. The summed E-state index contributed by atoms with van der Waals surface area (Å²) in [5.41, 5.74) is 0.450. The molecule has 0 aliphatic heterocycles. The molecule has 1 aromatic rings. The number of alkyl halides is 3. The summed E-state index contributed by atoms with van der Waals surface area (Å²) in [5, 5.41) is 0. The molecular formula is C9H10Cl3NO2S2. The van der Waals surface area contributed by atoms with Gasteiger partial charge in [0.25, 0.3) is 3.12 Å². The highest BCUT2D eigenvalue weighted by atomic mass is 35.6. The summed E-state index contributed by atoms with van der Waals surface area (Å²) in [7, 11) is -3.50. The van der Waals surface area contributed by atoms with E-state index in [1.165, 1.54) is 6.92 Å². The minimum atomic E-state index is -3.50. The highest BCUT2D eigenvalue weighted by Gasteiger charge is 2.32. The number of halogens is 3. The van der Waals surface area contributed by atoms with Gasteiger partial charge in [0.1, 0.15) is 0 Å². The summed E-state index contributed by atoms with van der Waals surface area (Å²) in [6, 6.07) is 8.48. The molecule has 0 amide bonds. The largest absolute Gasteiger partial charge is 0.257 e. The van der Waals surface area contributed by atoms with Crippen molar-refractivity contribution in [2.24, 2.45) is 0 Å². The lowest BCUT2D eigenvalue weighted by atomic mass is 10.3. The van der Waals surface area contributed by atoms with Crippen LogP contribution in [-0.4, -0.2) is 17.3 Å². The average Bonchev–Trinajstić information content (AvgIpc) is 2.26. The van der Waals surface area contributed by atoms with Crippen molar-refractivity contribution in [2.75, 3.05) is 9.46 Å². The number of hydrogen-bond acceptors (Lipinski definition) is 3. The van der Waals surface area contributed by atoms with E-state index in [4.69, 9.17) is 34.8 Å². The van der Waals surface area contributed by atoms with E-state index < -0.39 is 13.1 Å². The molecular weight excluding hydrogens is 325 g/mol. The van der Waals surface area contributed by atoms with Gasteiger partial charge in [-0.3, -0.25) is 0 Å². The predicted octanol–water partition coefficient (Wildman–Crippen LogP) is 3.82. The van der Waals surface area contributed by atoms with Gasteiger partial charge in [0, 0.05) is 11.9 Å². The average molecular weight is 335 g/mol. The first kappa shape index (κ1) is 15.2. The maximum Gasteiger partial charge on any atom is 0.257 e. The summed E-state index contributed by atoms with van der Waals surface area (Å²) in [6.45, 7) is 1.53. The predicted molar refractivity (Wildman–Crippen MR) is 76.3 cm³/mol. The van der Waals surface area contributed by atoms with Gasteiger partial charge in [-0.15, -0.1) is 0 Å². The number of para-hydroxylation sites is 1. The SMILES string of the molecule is CCS(=O)(=O)N(SC(Cl)(Cl)Cl)c1ccccc1. The fraction of sp³-hybridized carbons (Fsp3) is 0.333. The molecule has 0 aliphatic carbocycles. The zero-order valence-corrected chi connectivity index (χ0v) is 12.7. The van der Waals surface area contributed by atoms with Gasteiger partial charge >= 0.3 is 0 Å². The molecule has 17 heavy (non-hydrogen) atoms. The molecule has 0 aliphatic rings. The Morgan fingerprint density at radius 1 is 1.24 bits per heavy atom. The van der Waals surface area contributed by atoms with Crippen molar-refractivity contribution < 1.29 is 8.42 Å². The van der Waals surface area contributed by atoms with Crippen LogP contribution in [0.5, 0.6) is 0 Å². The van der Waals surface area contributed by atoms with E-state index in [0.29, 0.717) is 17.6 Å². The van der Waals surface area contributed by atoms with E-state index in [1.54, 1.807) is 30.3 Å². The molecule has 0 fully saturated rings. The Bertz CT molecular complexity index is 459. The fourth-order valence-electron chi connectivity index (χ4n) is 1.03. The van der Waals surface area contributed by atoms with Gasteiger partial charge in [-0.1, -0.05) is 53.0 Å². The van der Waals surface area contributed by atoms with Crippen LogP contribution >= 0.6 is 46.8 Å². The zero-order chi connectivity index (χ0) is 13.1. The smallest absolute Gasteiger partial charge is 0.208 e. The second-order valence-corrected chi connectivity index (χ2v) is 9.45. The molecule has 3 nitrogen and oxygen atoms in total. The van der Waals surface area contributed by atoms with Crippen LogP contribution < -0.4 is 3.71 Å². The number of hydrogen-bond donors (Lipinski definition) is 0. The lowest BCUT2D eigenvalue weighted by Crippen LogP contribution is -2.28. The first-order valence-electron chi connectivity index (χ1n) is 4.60. The van der Waals surface area contributed by atoms with Crippen molar-refractivity contribution in [2.45, 2.75) is 10.0 Å². The van der Waals surface area contributed by atoms with Gasteiger partial charge < -0.3 is 0 Å². The van der Waals surface area contributed by atoms with Crippen LogP contribution in [0.3, 0.4) is 0 Å². The molecule has 0 spiro atoms. The Morgan fingerprint density at radius 2 is 1.76 bits per heavy atom. The second kappa shape index (κ2) is 5.89. The number of rotatable bonds is 4. The van der Waals surface area contributed by atoms with Crippen molar-refractivity contribution in [1.82, 2.24) is 0 Å². The third kappa shape index (κ3) is 4.75. The van der Waals surface area contributed by atoms with E-state index in [1.807, 2.05) is 0 Å². The van der Waals surface area contributed by atoms with Crippen LogP contribution in [0.4, 0.5) is 5.69 Å². The van der Waals surface area contributed by atoms with Crippen LogP contribution in [0, 0.1) is 0 Å². The number of sulfonamides is 1. The van der Waals surface area contributed by atoms with Gasteiger partial charge in [0.15, 0.2) is 0 Å². The molecule has 0 unspecified atom stereocenters. The third-order valence-corrected chi connectivity index (χ3v) is 5.33. The lowest BCUT2D eigenvalue weighted by Gasteiger charge is -2.25. The zero-order valence-electron chi connectivity index (χ0n) is 8.81. The number of benzene rings is 1. The topological polar surface area (TPSA) is 37.4 Å². The molecule has 1 rings (SSSR count). The minimum Gasteiger partial charge on any atom is -0.208 e. The molecule has 1 aromatic carbocycles. The normalized spacial score (nSPS) is 12.5. The maximum absolute atomic E-state index is 11.9. The fourth-order valence-corrected chi connectivity index (χ4v) is 4.22. The van der Waals surface area contributed by atoms with Gasteiger partial charge in [-0.25, -0.2) is 12.1 Å². The van der Waals surface area contributed by atoms with Gasteiger partial charge in [0.2, 0.25) is 10.0 Å². The summed E-state index contributed by atoms with van der Waals surface area (Å²) < 4.78 is 23.1. The van der Waals surface area contributed by atoms with Crippen molar-refractivity contribution in [1.29, 1.82) is 0 Å². The first-order chi connectivity index (χ1) is 7.76. The third-order valence-electron chi connectivity index (χ3n) is 1.77. The van der Waals surface area contributed by atoms with Crippen LogP contribution in [0.15, 0.2) is 30.3 Å². The summed E-state index contributed by atoms with van der Waals surface area (Å²) in [5.74, 6) is -0.0738. The van der Waals surface area contributed by atoms with Gasteiger partial charge in [0.05, 0.1) is 11.4 Å². The van der Waals surface area contributed by atoms with Crippen molar-refractivity contribution >= 4 is 62.5 Å². The summed E-state index contributed by atoms with van der Waals surface area (Å²) >= 11 is 17.5. The van der Waals surface area contributed by atoms with Crippen LogP contribution in [0.25, 0.3) is 0 Å². The molecule has 8 heteroatoms. The monoisotopic (exact) mass is 333 g/mol. The second-order valence-electron chi connectivity index (χ2n) is 3.00. The number of nitrogens with zero attached hydrogens (tertiary/aromatic N) is 1. The highest BCUT2D eigenvalue weighted by Crippen LogP contribution is 2.44. The Labute approximate surface area is 120 Å². The summed E-state index contributed by atoms with van der Waals surface area (Å²) in [4.78, 5) is 0. The molecule has 0 bridgehead atoms. The van der Waals surface area contributed by atoms with Gasteiger partial charge in [-0.2, -0.15) is 0 Å². The van der Waals surface area contributed by atoms with Crippen LogP contribution in [-0.2, 0) is 10.0 Å². The Balaban J connectivity index is 3.13. The first-order valence-corrected chi connectivity index (χ1v) is 8.12. The van der Waals surface area contributed by atoms with Crippen molar-refractivity contribution in [3.8, 4) is 0 Å². The van der Waals surface area contributed by atoms with Crippen LogP contribution in [0.2, 0.25) is 0 Å². The van der Waals surface area contributed by atoms with Crippen LogP contribution in [0.1, 0.15) is 6.92 Å². The molecule has 0 saturated heterocycles. The molecule has 0 saturated carbocycles. The summed E-state index contributed by atoms with van der Waals surface area (Å²) in [6.07, 6.45) is 0. The quantitative estimate of drug-likeness (QED) is 0.620. The number of anilines is 1. The Morgan fingerprint density at radius 3 is 2.18 bits per heavy atom. The van der Waals surface area contributed by atoms with Crippen molar-refractivity contribution in [3.63, 3.8) is 0 Å². The van der Waals surface area contributed by atoms with E-state index in [9.17, 15) is 8.42 Å². The van der Waals surface area contributed by atoms with E-state index in [0.717, 1.165) is 3.71 Å². The van der Waals surface area contributed by atoms with E-state index >= 15 is 0 Å². The molecule has 0 radical (unpaired) electrons. The highest BCUT2D eigenvalue weighted by molar-refractivity contribution is 8.17.